The number of unbranched alkanes of at least 4 members (excludes halogenated alkanes) is 1. The van der Waals surface area contributed by atoms with Crippen molar-refractivity contribution in [3.8, 4) is 5.69 Å². The van der Waals surface area contributed by atoms with Crippen LogP contribution in [-0.4, -0.2) is 16.1 Å². The molecule has 3 nitrogen and oxygen atoms in total. The minimum atomic E-state index is 0.912. The maximum atomic E-state index is 4.42. The highest BCUT2D eigenvalue weighted by atomic mass is 15.2. The summed E-state index contributed by atoms with van der Waals surface area (Å²) in [4.78, 5) is 4.42. The van der Waals surface area contributed by atoms with Crippen molar-refractivity contribution in [1.29, 1.82) is 0 Å². The molecule has 102 valence electrons. The number of nitrogens with one attached hydrogen (secondary N) is 1. The van der Waals surface area contributed by atoms with Gasteiger partial charge in [0.2, 0.25) is 5.95 Å². The fourth-order valence-electron chi connectivity index (χ4n) is 2.42. The number of imidazole rings is 1. The molecule has 0 bridgehead atoms. The van der Waals surface area contributed by atoms with Gasteiger partial charge in [-0.2, -0.15) is 0 Å². The van der Waals surface area contributed by atoms with Gasteiger partial charge in [-0.15, -0.1) is 0 Å². The van der Waals surface area contributed by atoms with Gasteiger partial charge in [-0.3, -0.25) is 4.57 Å². The van der Waals surface area contributed by atoms with Crippen molar-refractivity contribution < 1.29 is 0 Å². The molecule has 2 aromatic carbocycles. The summed E-state index contributed by atoms with van der Waals surface area (Å²) >= 11 is 0. The number of hydrogen-bond acceptors (Lipinski definition) is 2. The summed E-state index contributed by atoms with van der Waals surface area (Å²) in [6, 6.07) is 14.8. The second kappa shape index (κ2) is 5.78. The number of nitrogens with zero attached hydrogens (tertiary/aromatic N) is 2. The molecule has 0 atom stereocenters. The average Bonchev–Trinajstić information content (AvgIpc) is 2.95. The maximum Gasteiger partial charge on any atom is 0.207 e. The fraction of sp³-hybridized carbons (Fsp3) is 0.235. The van der Waals surface area contributed by atoms with Crippen LogP contribution in [0.25, 0.3) is 16.5 Å². The fourth-order valence-corrected chi connectivity index (χ4v) is 2.42. The summed E-state index contributed by atoms with van der Waals surface area (Å²) in [6.45, 7) is 3.15. The van der Waals surface area contributed by atoms with Gasteiger partial charge in [0.1, 0.15) is 0 Å². The van der Waals surface area contributed by atoms with Crippen LogP contribution in [0, 0.1) is 0 Å². The third kappa shape index (κ3) is 2.39. The monoisotopic (exact) mass is 265 g/mol. The Hall–Kier alpha value is -2.29. The third-order valence-corrected chi connectivity index (χ3v) is 3.48. The second-order valence-corrected chi connectivity index (χ2v) is 4.90. The van der Waals surface area contributed by atoms with Gasteiger partial charge >= 0.3 is 0 Å². The van der Waals surface area contributed by atoms with Gasteiger partial charge in [-0.1, -0.05) is 49.7 Å². The standard InChI is InChI=1S/C17H19N3/c1-2-3-11-18-17-19-12-13-20(17)16-10-6-8-14-7-4-5-9-15(14)16/h4-10,12-13H,2-3,11H2,1H3,(H,18,19). The first-order valence-electron chi connectivity index (χ1n) is 7.15. The largest absolute Gasteiger partial charge is 0.355 e. The van der Waals surface area contributed by atoms with E-state index < -0.39 is 0 Å². The summed E-state index contributed by atoms with van der Waals surface area (Å²) in [5.41, 5.74) is 1.17. The molecule has 0 unspecified atom stereocenters. The van der Waals surface area contributed by atoms with Gasteiger partial charge in [0.05, 0.1) is 5.69 Å². The lowest BCUT2D eigenvalue weighted by atomic mass is 10.1. The predicted octanol–water partition coefficient (Wildman–Crippen LogP) is 4.24. The van der Waals surface area contributed by atoms with Crippen molar-refractivity contribution in [2.75, 3.05) is 11.9 Å². The Morgan fingerprint density at radius 3 is 2.85 bits per heavy atom. The quantitative estimate of drug-likeness (QED) is 0.699. The van der Waals surface area contributed by atoms with Crippen molar-refractivity contribution in [1.82, 2.24) is 9.55 Å². The molecule has 3 heteroatoms. The Morgan fingerprint density at radius 2 is 1.95 bits per heavy atom. The van der Waals surface area contributed by atoms with Crippen molar-refractivity contribution in [2.24, 2.45) is 0 Å². The van der Waals surface area contributed by atoms with E-state index in [0.717, 1.165) is 18.9 Å². The van der Waals surface area contributed by atoms with Gasteiger partial charge in [0, 0.05) is 24.3 Å². The normalized spacial score (nSPS) is 10.8. The molecule has 1 N–H and O–H groups in total. The van der Waals surface area contributed by atoms with E-state index in [2.05, 4.69) is 64.3 Å². The molecule has 0 saturated heterocycles. The van der Waals surface area contributed by atoms with Crippen LogP contribution in [-0.2, 0) is 0 Å². The third-order valence-electron chi connectivity index (χ3n) is 3.48. The Balaban J connectivity index is 2.01. The lowest BCUT2D eigenvalue weighted by Crippen LogP contribution is -2.07. The van der Waals surface area contributed by atoms with Crippen molar-refractivity contribution in [3.63, 3.8) is 0 Å². The second-order valence-electron chi connectivity index (χ2n) is 4.90. The summed E-state index contributed by atoms with van der Waals surface area (Å²) in [6.07, 6.45) is 6.19. The van der Waals surface area contributed by atoms with E-state index in [1.54, 1.807) is 0 Å². The number of fused-ring (bicyclic) bond motifs is 1. The summed E-state index contributed by atoms with van der Waals surface area (Å²) in [5, 5.41) is 5.90. The number of anilines is 1. The van der Waals surface area contributed by atoms with Crippen LogP contribution >= 0.6 is 0 Å². The Kier molecular flexibility index (Phi) is 3.68. The lowest BCUT2D eigenvalue weighted by Gasteiger charge is -2.12. The minimum absolute atomic E-state index is 0.912. The molecule has 0 aliphatic carbocycles. The first kappa shape index (κ1) is 12.7. The van der Waals surface area contributed by atoms with Gasteiger partial charge in [-0.05, 0) is 17.9 Å². The molecular weight excluding hydrogens is 246 g/mol. The predicted molar refractivity (Wildman–Crippen MR) is 84.5 cm³/mol. The number of aromatic nitrogens is 2. The summed E-state index contributed by atoms with van der Waals surface area (Å²) in [5.74, 6) is 0.912. The molecule has 3 aromatic rings. The van der Waals surface area contributed by atoms with Gasteiger partial charge in [0.25, 0.3) is 0 Å². The van der Waals surface area contributed by atoms with Crippen LogP contribution in [0.5, 0.6) is 0 Å². The van der Waals surface area contributed by atoms with Crippen LogP contribution < -0.4 is 5.32 Å². The number of rotatable bonds is 5. The highest BCUT2D eigenvalue weighted by Crippen LogP contribution is 2.24. The molecule has 1 aromatic heterocycles. The van der Waals surface area contributed by atoms with E-state index in [4.69, 9.17) is 0 Å². The van der Waals surface area contributed by atoms with E-state index in [0.29, 0.717) is 0 Å². The Bertz CT molecular complexity index is 695. The lowest BCUT2D eigenvalue weighted by molar-refractivity contribution is 0.823. The zero-order valence-corrected chi connectivity index (χ0v) is 11.7. The van der Waals surface area contributed by atoms with Crippen LogP contribution in [0.1, 0.15) is 19.8 Å². The molecule has 0 aliphatic rings. The molecule has 0 saturated carbocycles. The van der Waals surface area contributed by atoms with Crippen LogP contribution in [0.2, 0.25) is 0 Å². The Morgan fingerprint density at radius 1 is 1.10 bits per heavy atom. The Labute approximate surface area is 119 Å². The number of hydrogen-bond donors (Lipinski definition) is 1. The highest BCUT2D eigenvalue weighted by molar-refractivity contribution is 5.90. The molecule has 0 aliphatic heterocycles. The first-order valence-corrected chi connectivity index (χ1v) is 7.15. The molecule has 3 rings (SSSR count). The van der Waals surface area contributed by atoms with Crippen molar-refractivity contribution in [3.05, 3.63) is 54.9 Å². The zero-order valence-electron chi connectivity index (χ0n) is 11.7. The zero-order chi connectivity index (χ0) is 13.8. The number of benzene rings is 2. The first-order chi connectivity index (χ1) is 9.90. The minimum Gasteiger partial charge on any atom is -0.355 e. The van der Waals surface area contributed by atoms with Crippen LogP contribution in [0.15, 0.2) is 54.9 Å². The smallest absolute Gasteiger partial charge is 0.207 e. The molecule has 0 fully saturated rings. The van der Waals surface area contributed by atoms with Crippen LogP contribution in [0.4, 0.5) is 5.95 Å². The van der Waals surface area contributed by atoms with Crippen molar-refractivity contribution in [2.45, 2.75) is 19.8 Å². The molecule has 0 amide bonds. The van der Waals surface area contributed by atoms with Gasteiger partial charge in [-0.25, -0.2) is 4.98 Å². The molecule has 0 radical (unpaired) electrons. The maximum absolute atomic E-state index is 4.42. The van der Waals surface area contributed by atoms with E-state index in [-0.39, 0.29) is 0 Å². The molecule has 0 spiro atoms. The SMILES string of the molecule is CCCCNc1nccn1-c1cccc2ccccc12. The average molecular weight is 265 g/mol. The van der Waals surface area contributed by atoms with Gasteiger partial charge in [0.15, 0.2) is 0 Å². The highest BCUT2D eigenvalue weighted by Gasteiger charge is 2.07. The van der Waals surface area contributed by atoms with Gasteiger partial charge < -0.3 is 5.32 Å². The van der Waals surface area contributed by atoms with E-state index >= 15 is 0 Å². The summed E-state index contributed by atoms with van der Waals surface area (Å²) < 4.78 is 2.12. The van der Waals surface area contributed by atoms with E-state index in [1.165, 1.54) is 22.9 Å². The molecular formula is C17H19N3. The van der Waals surface area contributed by atoms with Crippen molar-refractivity contribution >= 4 is 16.7 Å². The molecule has 20 heavy (non-hydrogen) atoms. The molecule has 1 heterocycles. The topological polar surface area (TPSA) is 29.9 Å². The van der Waals surface area contributed by atoms with Crippen LogP contribution in [0.3, 0.4) is 0 Å². The van der Waals surface area contributed by atoms with E-state index in [9.17, 15) is 0 Å². The summed E-state index contributed by atoms with van der Waals surface area (Å²) in [7, 11) is 0. The van der Waals surface area contributed by atoms with E-state index in [1.807, 2.05) is 12.4 Å².